The minimum atomic E-state index is -0.548. The van der Waals surface area contributed by atoms with Crippen LogP contribution in [0.4, 0.5) is 0 Å². The lowest BCUT2D eigenvalue weighted by molar-refractivity contribution is -0.128. The lowest BCUT2D eigenvalue weighted by atomic mass is 9.90. The van der Waals surface area contributed by atoms with Crippen molar-refractivity contribution in [2.75, 3.05) is 6.61 Å². The smallest absolute Gasteiger partial charge is 0.226 e. The van der Waals surface area contributed by atoms with Crippen LogP contribution in [0.1, 0.15) is 46.5 Å². The lowest BCUT2D eigenvalue weighted by Crippen LogP contribution is -2.57. The van der Waals surface area contributed by atoms with Crippen molar-refractivity contribution < 1.29 is 9.53 Å². The molecule has 1 saturated heterocycles. The monoisotopic (exact) mass is 272 g/mol. The number of nitrogens with one attached hydrogen (secondary N) is 1. The minimum Gasteiger partial charge on any atom is -0.391 e. The third kappa shape index (κ3) is 3.01. The van der Waals surface area contributed by atoms with Crippen molar-refractivity contribution in [1.82, 2.24) is 5.32 Å². The van der Waals surface area contributed by atoms with Crippen LogP contribution >= 0.6 is 12.2 Å². The Hall–Kier alpha value is -0.680. The summed E-state index contributed by atoms with van der Waals surface area (Å²) in [5.41, 5.74) is 5.24. The second kappa shape index (κ2) is 6.48. The molecule has 2 atom stereocenters. The predicted octanol–water partition coefficient (Wildman–Crippen LogP) is 1.76. The number of amides is 1. The first-order valence-corrected chi connectivity index (χ1v) is 7.15. The van der Waals surface area contributed by atoms with Gasteiger partial charge in [-0.1, -0.05) is 33.0 Å². The summed E-state index contributed by atoms with van der Waals surface area (Å²) in [6, 6.07) is 0. The molecule has 1 aliphatic heterocycles. The maximum Gasteiger partial charge on any atom is 0.226 e. The van der Waals surface area contributed by atoms with Crippen LogP contribution in [0.25, 0.3) is 0 Å². The highest BCUT2D eigenvalue weighted by atomic mass is 32.1. The summed E-state index contributed by atoms with van der Waals surface area (Å²) < 4.78 is 5.55. The van der Waals surface area contributed by atoms with E-state index in [1.807, 2.05) is 20.8 Å². The molecule has 0 aliphatic carbocycles. The van der Waals surface area contributed by atoms with Gasteiger partial charge in [-0.3, -0.25) is 4.79 Å². The molecule has 1 aliphatic rings. The first-order chi connectivity index (χ1) is 8.50. The molecule has 1 heterocycles. The molecule has 0 aromatic rings. The Bertz CT molecular complexity index is 316. The number of carbonyl (C=O) groups excluding carboxylic acids is 1. The molecule has 1 fully saturated rings. The van der Waals surface area contributed by atoms with E-state index in [2.05, 4.69) is 5.32 Å². The average molecular weight is 272 g/mol. The number of hydrogen-bond donors (Lipinski definition) is 2. The quantitative estimate of drug-likeness (QED) is 0.723. The number of thiocarbonyl (C=S) groups is 1. The van der Waals surface area contributed by atoms with Gasteiger partial charge in [-0.2, -0.15) is 0 Å². The fourth-order valence-electron chi connectivity index (χ4n) is 2.52. The van der Waals surface area contributed by atoms with E-state index in [1.54, 1.807) is 0 Å². The molecule has 104 valence electrons. The Balaban J connectivity index is 2.75. The van der Waals surface area contributed by atoms with Crippen molar-refractivity contribution in [2.24, 2.45) is 11.7 Å². The van der Waals surface area contributed by atoms with Crippen LogP contribution in [0, 0.1) is 5.92 Å². The average Bonchev–Trinajstić information content (AvgIpc) is 2.83. The second-order valence-corrected chi connectivity index (χ2v) is 5.30. The predicted molar refractivity (Wildman–Crippen MR) is 76.4 cm³/mol. The number of carbonyl (C=O) groups is 1. The van der Waals surface area contributed by atoms with E-state index >= 15 is 0 Å². The van der Waals surface area contributed by atoms with E-state index in [4.69, 9.17) is 22.7 Å². The van der Waals surface area contributed by atoms with Crippen molar-refractivity contribution in [3.63, 3.8) is 0 Å². The third-order valence-electron chi connectivity index (χ3n) is 3.99. The fourth-order valence-corrected chi connectivity index (χ4v) is 2.86. The second-order valence-electron chi connectivity index (χ2n) is 4.86. The van der Waals surface area contributed by atoms with E-state index < -0.39 is 5.54 Å². The summed E-state index contributed by atoms with van der Waals surface area (Å²) >= 11 is 5.11. The van der Waals surface area contributed by atoms with Crippen LogP contribution in [-0.4, -0.2) is 29.1 Å². The van der Waals surface area contributed by atoms with E-state index in [0.29, 0.717) is 11.6 Å². The summed E-state index contributed by atoms with van der Waals surface area (Å²) in [6.45, 7) is 6.68. The summed E-state index contributed by atoms with van der Waals surface area (Å²) in [5.74, 6) is -0.0438. The van der Waals surface area contributed by atoms with Crippen LogP contribution in [0.3, 0.4) is 0 Å². The molecule has 0 aromatic heterocycles. The molecule has 0 aromatic carbocycles. The maximum atomic E-state index is 12.3. The zero-order valence-electron chi connectivity index (χ0n) is 11.5. The summed E-state index contributed by atoms with van der Waals surface area (Å²) in [4.78, 5) is 12.7. The Kier molecular flexibility index (Phi) is 5.53. The van der Waals surface area contributed by atoms with Gasteiger partial charge in [-0.15, -0.1) is 0 Å². The molecule has 1 rings (SSSR count). The molecule has 1 amide bonds. The molecule has 0 radical (unpaired) electrons. The van der Waals surface area contributed by atoms with Crippen LogP contribution in [0.2, 0.25) is 0 Å². The van der Waals surface area contributed by atoms with E-state index in [9.17, 15) is 4.79 Å². The van der Waals surface area contributed by atoms with Crippen LogP contribution in [-0.2, 0) is 9.53 Å². The third-order valence-corrected chi connectivity index (χ3v) is 4.38. The Morgan fingerprint density at radius 3 is 2.50 bits per heavy atom. The van der Waals surface area contributed by atoms with Crippen LogP contribution in [0.5, 0.6) is 0 Å². The van der Waals surface area contributed by atoms with Crippen LogP contribution in [0.15, 0.2) is 0 Å². The van der Waals surface area contributed by atoms with Gasteiger partial charge in [0, 0.05) is 6.61 Å². The van der Waals surface area contributed by atoms with Gasteiger partial charge in [-0.05, 0) is 25.7 Å². The first-order valence-electron chi connectivity index (χ1n) is 6.74. The Labute approximate surface area is 115 Å². The van der Waals surface area contributed by atoms with Crippen molar-refractivity contribution in [2.45, 2.75) is 58.1 Å². The van der Waals surface area contributed by atoms with E-state index in [0.717, 1.165) is 25.7 Å². The molecular formula is C13H24N2O2S. The van der Waals surface area contributed by atoms with Crippen molar-refractivity contribution in [1.29, 1.82) is 0 Å². The normalized spacial score (nSPS) is 23.9. The molecule has 0 saturated carbocycles. The maximum absolute atomic E-state index is 12.3. The lowest BCUT2D eigenvalue weighted by Gasteiger charge is -2.33. The standard InChI is InChI=1S/C13H24N2O2S/c1-4-10-9(7-8-17-10)11(16)15-13(5-2,6-3)12(14)18/h9-10H,4-8H2,1-3H3,(H2,14,18)(H,15,16). The Morgan fingerprint density at radius 1 is 1.44 bits per heavy atom. The number of ether oxygens (including phenoxy) is 1. The van der Waals surface area contributed by atoms with Crippen molar-refractivity contribution in [3.8, 4) is 0 Å². The SMILES string of the molecule is CCC1OCCC1C(=O)NC(CC)(CC)C(N)=S. The molecule has 18 heavy (non-hydrogen) atoms. The topological polar surface area (TPSA) is 64.3 Å². The van der Waals surface area contributed by atoms with Gasteiger partial charge in [0.2, 0.25) is 5.91 Å². The molecule has 0 bridgehead atoms. The summed E-state index contributed by atoms with van der Waals surface area (Å²) in [5, 5.41) is 3.05. The zero-order chi connectivity index (χ0) is 13.8. The van der Waals surface area contributed by atoms with Crippen molar-refractivity contribution in [3.05, 3.63) is 0 Å². The van der Waals surface area contributed by atoms with Gasteiger partial charge in [0.25, 0.3) is 0 Å². The largest absolute Gasteiger partial charge is 0.391 e. The molecule has 4 nitrogen and oxygen atoms in total. The van der Waals surface area contributed by atoms with Crippen molar-refractivity contribution >= 4 is 23.1 Å². The number of nitrogens with two attached hydrogens (primary N) is 1. The highest BCUT2D eigenvalue weighted by Crippen LogP contribution is 2.25. The van der Waals surface area contributed by atoms with Gasteiger partial charge >= 0.3 is 0 Å². The molecular weight excluding hydrogens is 248 g/mol. The van der Waals surface area contributed by atoms with Crippen LogP contribution < -0.4 is 11.1 Å². The minimum absolute atomic E-state index is 0.0239. The summed E-state index contributed by atoms with van der Waals surface area (Å²) in [6.07, 6.45) is 3.11. The van der Waals surface area contributed by atoms with Gasteiger partial charge in [-0.25, -0.2) is 0 Å². The number of hydrogen-bond acceptors (Lipinski definition) is 3. The van der Waals surface area contributed by atoms with E-state index in [-0.39, 0.29) is 17.9 Å². The highest BCUT2D eigenvalue weighted by molar-refractivity contribution is 7.80. The van der Waals surface area contributed by atoms with Gasteiger partial charge in [0.1, 0.15) is 0 Å². The Morgan fingerprint density at radius 2 is 2.06 bits per heavy atom. The molecule has 2 unspecified atom stereocenters. The fraction of sp³-hybridized carbons (Fsp3) is 0.846. The molecule has 3 N–H and O–H groups in total. The number of rotatable bonds is 6. The molecule has 0 spiro atoms. The van der Waals surface area contributed by atoms with Gasteiger partial charge in [0.15, 0.2) is 0 Å². The van der Waals surface area contributed by atoms with Gasteiger partial charge in [0.05, 0.1) is 22.5 Å². The summed E-state index contributed by atoms with van der Waals surface area (Å²) in [7, 11) is 0. The van der Waals surface area contributed by atoms with Gasteiger partial charge < -0.3 is 15.8 Å². The zero-order valence-corrected chi connectivity index (χ0v) is 12.3. The first kappa shape index (κ1) is 15.4. The molecule has 5 heteroatoms. The highest BCUT2D eigenvalue weighted by Gasteiger charge is 2.38. The van der Waals surface area contributed by atoms with E-state index in [1.165, 1.54) is 0 Å².